The summed E-state index contributed by atoms with van der Waals surface area (Å²) >= 11 is 1.00. The average molecular weight is 405 g/mol. The molecular weight excluding hydrogens is 391 g/mol. The third kappa shape index (κ3) is 5.01. The lowest BCUT2D eigenvalue weighted by molar-refractivity contribution is -0.137. The highest BCUT2D eigenvalue weighted by Crippen LogP contribution is 2.30. The molecular formula is C19H14F3N3O2S. The van der Waals surface area contributed by atoms with Gasteiger partial charge in [-0.1, -0.05) is 29.8 Å². The number of nitrogens with zero attached hydrogens (tertiary/aromatic N) is 1. The molecule has 2 aromatic carbocycles. The first-order chi connectivity index (χ1) is 13.2. The number of anilines is 1. The molecule has 2 N–H and O–H groups in total. The lowest BCUT2D eigenvalue weighted by Crippen LogP contribution is -2.31. The van der Waals surface area contributed by atoms with Crippen molar-refractivity contribution in [1.82, 2.24) is 5.32 Å². The summed E-state index contributed by atoms with van der Waals surface area (Å²) in [5.74, 6) is -0.476. The van der Waals surface area contributed by atoms with Crippen LogP contribution in [0.2, 0.25) is 0 Å². The molecule has 0 aliphatic carbocycles. The van der Waals surface area contributed by atoms with Gasteiger partial charge in [0.25, 0.3) is 5.91 Å². The highest BCUT2D eigenvalue weighted by Gasteiger charge is 2.30. The fourth-order valence-corrected chi connectivity index (χ4v) is 3.09. The van der Waals surface area contributed by atoms with Gasteiger partial charge in [-0.3, -0.25) is 10.1 Å². The molecule has 1 aliphatic heterocycles. The Morgan fingerprint density at radius 2 is 1.68 bits per heavy atom. The predicted molar refractivity (Wildman–Crippen MR) is 103 cm³/mol. The molecule has 2 aromatic rings. The number of nitrogens with one attached hydrogen (secondary N) is 2. The van der Waals surface area contributed by atoms with Crippen molar-refractivity contribution in [3.63, 3.8) is 0 Å². The summed E-state index contributed by atoms with van der Waals surface area (Å²) in [7, 11) is 0. The van der Waals surface area contributed by atoms with E-state index in [9.17, 15) is 22.8 Å². The Morgan fingerprint density at radius 1 is 1.04 bits per heavy atom. The van der Waals surface area contributed by atoms with Crippen LogP contribution in [0.1, 0.15) is 16.7 Å². The minimum absolute atomic E-state index is 0.0905. The molecule has 5 nitrogen and oxygen atoms in total. The van der Waals surface area contributed by atoms with Crippen molar-refractivity contribution in [3.8, 4) is 0 Å². The van der Waals surface area contributed by atoms with Gasteiger partial charge in [-0.25, -0.2) is 4.79 Å². The summed E-state index contributed by atoms with van der Waals surface area (Å²) in [6.07, 6.45) is -2.78. The second kappa shape index (κ2) is 7.89. The number of carbonyl (C=O) groups excluding carboxylic acids is 2. The maximum atomic E-state index is 12.5. The summed E-state index contributed by atoms with van der Waals surface area (Å²) in [4.78, 5) is 28.1. The summed E-state index contributed by atoms with van der Waals surface area (Å²) in [6.45, 7) is 1.95. The Labute approximate surface area is 162 Å². The van der Waals surface area contributed by atoms with Gasteiger partial charge in [-0.15, -0.1) is 0 Å². The van der Waals surface area contributed by atoms with Crippen molar-refractivity contribution >= 4 is 40.6 Å². The molecule has 3 amide bonds. The number of carbonyl (C=O) groups is 2. The Balaban J connectivity index is 1.60. The fourth-order valence-electron chi connectivity index (χ4n) is 2.28. The lowest BCUT2D eigenvalue weighted by Gasteiger charge is -2.09. The molecule has 0 bridgehead atoms. The van der Waals surface area contributed by atoms with Gasteiger partial charge in [-0.05, 0) is 54.6 Å². The highest BCUT2D eigenvalue weighted by atomic mass is 32.2. The molecule has 0 unspecified atom stereocenters. The molecule has 0 fully saturated rings. The van der Waals surface area contributed by atoms with E-state index in [0.29, 0.717) is 4.91 Å². The van der Waals surface area contributed by atoms with Crippen LogP contribution in [0.25, 0.3) is 6.08 Å². The normalized spacial score (nSPS) is 15.5. The molecule has 1 heterocycles. The number of aryl methyl sites for hydroxylation is 1. The Morgan fingerprint density at radius 3 is 2.29 bits per heavy atom. The summed E-state index contributed by atoms with van der Waals surface area (Å²) in [5.41, 5.74) is 1.28. The molecule has 1 aliphatic rings. The van der Waals surface area contributed by atoms with Crippen molar-refractivity contribution in [2.75, 3.05) is 5.32 Å². The van der Waals surface area contributed by atoms with Crippen molar-refractivity contribution in [2.24, 2.45) is 4.99 Å². The van der Waals surface area contributed by atoms with E-state index >= 15 is 0 Å². The van der Waals surface area contributed by atoms with E-state index in [2.05, 4.69) is 15.6 Å². The first-order valence-corrected chi connectivity index (χ1v) is 8.87. The largest absolute Gasteiger partial charge is 0.416 e. The zero-order chi connectivity index (χ0) is 20.3. The van der Waals surface area contributed by atoms with Gasteiger partial charge in [0.1, 0.15) is 0 Å². The second-order valence-corrected chi connectivity index (χ2v) is 6.93. The Bertz CT molecular complexity index is 965. The van der Waals surface area contributed by atoms with E-state index in [0.717, 1.165) is 47.2 Å². The number of alkyl halides is 3. The van der Waals surface area contributed by atoms with Gasteiger partial charge in [0.05, 0.1) is 10.5 Å². The van der Waals surface area contributed by atoms with Crippen LogP contribution in [0, 0.1) is 6.92 Å². The SMILES string of the molecule is Cc1ccc(C=C2SC(NC(=O)Nc3ccc(C(F)(F)F)cc3)=NC2=O)cc1. The minimum Gasteiger partial charge on any atom is -0.308 e. The summed E-state index contributed by atoms with van der Waals surface area (Å²) < 4.78 is 37.6. The molecule has 9 heteroatoms. The number of halogens is 3. The van der Waals surface area contributed by atoms with Crippen molar-refractivity contribution < 1.29 is 22.8 Å². The second-order valence-electron chi connectivity index (χ2n) is 5.90. The number of aliphatic imine (C=N–C) groups is 1. The number of hydrogen-bond acceptors (Lipinski definition) is 3. The van der Waals surface area contributed by atoms with Crippen LogP contribution in [0.5, 0.6) is 0 Å². The minimum atomic E-state index is -4.45. The fraction of sp³-hybridized carbons (Fsp3) is 0.105. The molecule has 0 aromatic heterocycles. The molecule has 0 radical (unpaired) electrons. The average Bonchev–Trinajstić information content (AvgIpc) is 2.95. The molecule has 3 rings (SSSR count). The third-order valence-corrected chi connectivity index (χ3v) is 4.59. The van der Waals surface area contributed by atoms with Crippen LogP contribution in [0.3, 0.4) is 0 Å². The van der Waals surface area contributed by atoms with Crippen LogP contribution in [-0.2, 0) is 11.0 Å². The molecule has 0 saturated carbocycles. The van der Waals surface area contributed by atoms with Crippen molar-refractivity contribution in [1.29, 1.82) is 0 Å². The van der Waals surface area contributed by atoms with Crippen LogP contribution in [0.4, 0.5) is 23.7 Å². The van der Waals surface area contributed by atoms with Gasteiger partial charge in [-0.2, -0.15) is 18.2 Å². The Kier molecular flexibility index (Phi) is 5.55. The lowest BCUT2D eigenvalue weighted by atomic mass is 10.1. The van der Waals surface area contributed by atoms with Gasteiger partial charge in [0.15, 0.2) is 5.17 Å². The highest BCUT2D eigenvalue weighted by molar-refractivity contribution is 8.18. The topological polar surface area (TPSA) is 70.6 Å². The van der Waals surface area contributed by atoms with Crippen LogP contribution >= 0.6 is 11.8 Å². The number of benzene rings is 2. The monoisotopic (exact) mass is 405 g/mol. The number of rotatable bonds is 2. The van der Waals surface area contributed by atoms with E-state index in [1.165, 1.54) is 0 Å². The maximum absolute atomic E-state index is 12.5. The first kappa shape index (κ1) is 19.7. The number of hydrogen-bond donors (Lipinski definition) is 2. The van der Waals surface area contributed by atoms with E-state index in [1.807, 2.05) is 31.2 Å². The number of urea groups is 1. The summed E-state index contributed by atoms with van der Waals surface area (Å²) in [6, 6.07) is 10.8. The van der Waals surface area contributed by atoms with Gasteiger partial charge in [0.2, 0.25) is 0 Å². The first-order valence-electron chi connectivity index (χ1n) is 8.05. The van der Waals surface area contributed by atoms with Crippen LogP contribution in [0.15, 0.2) is 58.4 Å². The van der Waals surface area contributed by atoms with Gasteiger partial charge < -0.3 is 5.32 Å². The van der Waals surface area contributed by atoms with E-state index in [4.69, 9.17) is 0 Å². The van der Waals surface area contributed by atoms with Crippen LogP contribution < -0.4 is 10.6 Å². The molecule has 144 valence electrons. The predicted octanol–water partition coefficient (Wildman–Crippen LogP) is 4.81. The van der Waals surface area contributed by atoms with Crippen LogP contribution in [-0.4, -0.2) is 17.1 Å². The van der Waals surface area contributed by atoms with E-state index in [-0.39, 0.29) is 10.9 Å². The molecule has 0 atom stereocenters. The van der Waals surface area contributed by atoms with Crippen molar-refractivity contribution in [3.05, 3.63) is 70.1 Å². The zero-order valence-electron chi connectivity index (χ0n) is 14.5. The third-order valence-electron chi connectivity index (χ3n) is 3.69. The number of amides is 3. The quantitative estimate of drug-likeness (QED) is 0.705. The van der Waals surface area contributed by atoms with E-state index in [1.54, 1.807) is 6.08 Å². The number of amidine groups is 1. The van der Waals surface area contributed by atoms with Gasteiger partial charge in [0, 0.05) is 5.69 Å². The zero-order valence-corrected chi connectivity index (χ0v) is 15.3. The van der Waals surface area contributed by atoms with E-state index < -0.39 is 23.7 Å². The summed E-state index contributed by atoms with van der Waals surface area (Å²) in [5, 5.41) is 4.89. The molecule has 28 heavy (non-hydrogen) atoms. The maximum Gasteiger partial charge on any atom is 0.416 e. The van der Waals surface area contributed by atoms with Gasteiger partial charge >= 0.3 is 12.2 Å². The molecule has 0 spiro atoms. The number of thioether (sulfide) groups is 1. The smallest absolute Gasteiger partial charge is 0.308 e. The Hall–Kier alpha value is -3.07. The standard InChI is InChI=1S/C19H14F3N3O2S/c1-11-2-4-12(5-3-11)10-15-16(26)24-18(28-15)25-17(27)23-14-8-6-13(7-9-14)19(20,21)22/h2-10H,1H3,(H2,23,24,25,26,27). The van der Waals surface area contributed by atoms with Crippen molar-refractivity contribution in [2.45, 2.75) is 13.1 Å². The molecule has 0 saturated heterocycles.